The van der Waals surface area contributed by atoms with Crippen molar-refractivity contribution in [1.82, 2.24) is 0 Å². The first-order valence-electron chi connectivity index (χ1n) is 6.82. The molecule has 0 aromatic rings. The third-order valence-corrected chi connectivity index (χ3v) is 4.47. The van der Waals surface area contributed by atoms with Crippen LogP contribution in [-0.2, 0) is 0 Å². The lowest BCUT2D eigenvalue weighted by Crippen LogP contribution is -2.38. The molecule has 2 atom stereocenters. The molecule has 0 radical (unpaired) electrons. The molecule has 0 nitrogen and oxygen atoms in total. The normalized spacial score (nSPS) is 17.2. The van der Waals surface area contributed by atoms with E-state index < -0.39 is 59.5 Å². The molecule has 2 unspecified atom stereocenters. The smallest absolute Gasteiger partial charge is 0.207 e. The van der Waals surface area contributed by atoms with E-state index >= 15 is 0 Å². The molecule has 0 bridgehead atoms. The second-order valence-corrected chi connectivity index (χ2v) is 7.58. The van der Waals surface area contributed by atoms with Crippen molar-refractivity contribution < 1.29 is 39.5 Å². The summed E-state index contributed by atoms with van der Waals surface area (Å²) >= 11 is 1.67. The largest absolute Gasteiger partial charge is 0.392 e. The molecule has 10 heteroatoms. The molecule has 0 saturated heterocycles. The minimum Gasteiger partial charge on any atom is -0.207 e. The standard InChI is InChI=1S/C13H18F9I/c1-3-9(23)4-8(13(20,21)22)5-11(16,17)7-12(18,19)6-10(2,14)15/h8-9H,3-7H2,1-2H3. The quantitative estimate of drug-likeness (QED) is 0.195. The fourth-order valence-corrected chi connectivity index (χ4v) is 2.75. The molecule has 0 aliphatic rings. The van der Waals surface area contributed by atoms with Crippen molar-refractivity contribution in [2.75, 3.05) is 0 Å². The van der Waals surface area contributed by atoms with Gasteiger partial charge in [0.25, 0.3) is 17.8 Å². The van der Waals surface area contributed by atoms with Gasteiger partial charge >= 0.3 is 6.18 Å². The molecule has 0 aliphatic carbocycles. The topological polar surface area (TPSA) is 0 Å². The van der Waals surface area contributed by atoms with E-state index in [0.29, 0.717) is 6.42 Å². The highest BCUT2D eigenvalue weighted by molar-refractivity contribution is 14.1. The molecular formula is C13H18F9I. The average molecular weight is 472 g/mol. The van der Waals surface area contributed by atoms with Gasteiger partial charge in [-0.15, -0.1) is 0 Å². The highest BCUT2D eigenvalue weighted by Crippen LogP contribution is 2.44. The van der Waals surface area contributed by atoms with Gasteiger partial charge in [-0.05, 0) is 19.8 Å². The number of rotatable bonds is 9. The molecule has 0 heterocycles. The van der Waals surface area contributed by atoms with E-state index in [4.69, 9.17) is 0 Å². The van der Waals surface area contributed by atoms with Gasteiger partial charge in [0.1, 0.15) is 0 Å². The van der Waals surface area contributed by atoms with Crippen molar-refractivity contribution >= 4 is 22.6 Å². The van der Waals surface area contributed by atoms with E-state index in [9.17, 15) is 39.5 Å². The van der Waals surface area contributed by atoms with Gasteiger partial charge in [0.15, 0.2) is 0 Å². The van der Waals surface area contributed by atoms with Crippen LogP contribution in [0.25, 0.3) is 0 Å². The lowest BCUT2D eigenvalue weighted by Gasteiger charge is -2.29. The van der Waals surface area contributed by atoms with Crippen LogP contribution in [0.4, 0.5) is 39.5 Å². The Morgan fingerprint density at radius 2 is 1.30 bits per heavy atom. The molecule has 0 aromatic carbocycles. The van der Waals surface area contributed by atoms with Crippen LogP contribution in [0.3, 0.4) is 0 Å². The van der Waals surface area contributed by atoms with Gasteiger partial charge in [-0.25, -0.2) is 26.3 Å². The monoisotopic (exact) mass is 472 g/mol. The fraction of sp³-hybridized carbons (Fsp3) is 1.00. The average Bonchev–Trinajstić information content (AvgIpc) is 2.20. The molecule has 0 saturated carbocycles. The molecule has 0 N–H and O–H groups in total. The highest BCUT2D eigenvalue weighted by Gasteiger charge is 2.52. The Kier molecular flexibility index (Phi) is 8.02. The minimum absolute atomic E-state index is 0.138. The Bertz CT molecular complexity index is 359. The first kappa shape index (κ1) is 23.1. The van der Waals surface area contributed by atoms with E-state index in [1.165, 1.54) is 0 Å². The van der Waals surface area contributed by atoms with Crippen LogP contribution in [0.5, 0.6) is 0 Å². The van der Waals surface area contributed by atoms with E-state index in [-0.39, 0.29) is 6.92 Å². The van der Waals surface area contributed by atoms with E-state index in [1.54, 1.807) is 29.5 Å². The van der Waals surface area contributed by atoms with Crippen molar-refractivity contribution in [1.29, 1.82) is 0 Å². The summed E-state index contributed by atoms with van der Waals surface area (Å²) in [4.78, 5) is 0. The summed E-state index contributed by atoms with van der Waals surface area (Å²) in [6.45, 7) is 1.71. The highest BCUT2D eigenvalue weighted by atomic mass is 127. The summed E-state index contributed by atoms with van der Waals surface area (Å²) in [6, 6.07) is 0. The SMILES string of the molecule is CCC(I)CC(CC(F)(F)CC(F)(F)CC(C)(F)F)C(F)(F)F. The molecular weight excluding hydrogens is 454 g/mol. The van der Waals surface area contributed by atoms with Crippen LogP contribution < -0.4 is 0 Å². The summed E-state index contributed by atoms with van der Waals surface area (Å²) in [5, 5.41) is 0. The van der Waals surface area contributed by atoms with Gasteiger partial charge in [0.05, 0.1) is 18.8 Å². The predicted octanol–water partition coefficient (Wildman–Crippen LogP) is 6.86. The number of hydrogen-bond donors (Lipinski definition) is 0. The molecule has 0 rings (SSSR count). The molecule has 0 fully saturated rings. The second-order valence-electron chi connectivity index (χ2n) is 5.82. The predicted molar refractivity (Wildman–Crippen MR) is 76.6 cm³/mol. The molecule has 0 spiro atoms. The maximum Gasteiger partial charge on any atom is 0.392 e. The zero-order chi connectivity index (χ0) is 18.7. The minimum atomic E-state index is -4.97. The van der Waals surface area contributed by atoms with Crippen LogP contribution in [0, 0.1) is 5.92 Å². The maximum atomic E-state index is 13.6. The molecule has 23 heavy (non-hydrogen) atoms. The lowest BCUT2D eigenvalue weighted by molar-refractivity contribution is -0.209. The molecule has 0 aliphatic heterocycles. The Labute approximate surface area is 142 Å². The summed E-state index contributed by atoms with van der Waals surface area (Å²) in [5.74, 6) is -15.2. The van der Waals surface area contributed by atoms with Gasteiger partial charge in [-0.2, -0.15) is 13.2 Å². The van der Waals surface area contributed by atoms with Crippen LogP contribution in [0.1, 0.15) is 46.0 Å². The van der Waals surface area contributed by atoms with Crippen molar-refractivity contribution in [3.05, 3.63) is 0 Å². The summed E-state index contributed by atoms with van der Waals surface area (Å²) < 4.78 is 117. The van der Waals surface area contributed by atoms with Crippen molar-refractivity contribution in [2.24, 2.45) is 5.92 Å². The third kappa shape index (κ3) is 10.5. The zero-order valence-corrected chi connectivity index (χ0v) is 14.6. The van der Waals surface area contributed by atoms with Gasteiger partial charge < -0.3 is 0 Å². The van der Waals surface area contributed by atoms with E-state index in [0.717, 1.165) is 0 Å². The third-order valence-electron chi connectivity index (χ3n) is 3.08. The first-order valence-corrected chi connectivity index (χ1v) is 8.06. The summed E-state index contributed by atoms with van der Waals surface area (Å²) in [6.07, 6.45) is -11.6. The van der Waals surface area contributed by atoms with Crippen molar-refractivity contribution in [3.63, 3.8) is 0 Å². The zero-order valence-electron chi connectivity index (χ0n) is 12.5. The van der Waals surface area contributed by atoms with Crippen LogP contribution in [-0.4, -0.2) is 27.9 Å². The molecule has 0 amide bonds. The summed E-state index contributed by atoms with van der Waals surface area (Å²) in [5.41, 5.74) is 0. The van der Waals surface area contributed by atoms with Crippen molar-refractivity contribution in [2.45, 2.75) is 73.8 Å². The number of alkyl halides is 10. The van der Waals surface area contributed by atoms with Crippen LogP contribution in [0.15, 0.2) is 0 Å². The van der Waals surface area contributed by atoms with Crippen molar-refractivity contribution in [3.8, 4) is 0 Å². The number of halogens is 10. The lowest BCUT2D eigenvalue weighted by atomic mass is 9.91. The Morgan fingerprint density at radius 3 is 1.65 bits per heavy atom. The Morgan fingerprint density at radius 1 is 0.826 bits per heavy atom. The second kappa shape index (κ2) is 7.99. The molecule has 140 valence electrons. The van der Waals surface area contributed by atoms with Crippen LogP contribution in [0.2, 0.25) is 0 Å². The van der Waals surface area contributed by atoms with E-state index in [2.05, 4.69) is 0 Å². The van der Waals surface area contributed by atoms with E-state index in [1.807, 2.05) is 0 Å². The Balaban J connectivity index is 5.03. The summed E-state index contributed by atoms with van der Waals surface area (Å²) in [7, 11) is 0. The van der Waals surface area contributed by atoms with Crippen LogP contribution >= 0.6 is 22.6 Å². The van der Waals surface area contributed by atoms with Gasteiger partial charge in [0.2, 0.25) is 0 Å². The maximum absolute atomic E-state index is 13.6. The molecule has 0 aromatic heterocycles. The van der Waals surface area contributed by atoms with Gasteiger partial charge in [-0.1, -0.05) is 29.5 Å². The van der Waals surface area contributed by atoms with Gasteiger partial charge in [-0.3, -0.25) is 0 Å². The van der Waals surface area contributed by atoms with Gasteiger partial charge in [0, 0.05) is 10.3 Å². The fourth-order valence-electron chi connectivity index (χ4n) is 2.14. The number of hydrogen-bond acceptors (Lipinski definition) is 0. The Hall–Kier alpha value is 0.1000. The first-order chi connectivity index (χ1) is 9.97.